The summed E-state index contributed by atoms with van der Waals surface area (Å²) >= 11 is 0. The molecule has 2 heterocycles. The zero-order chi connectivity index (χ0) is 11.4. The second kappa shape index (κ2) is 4.98. The zero-order valence-corrected chi connectivity index (χ0v) is 9.69. The number of hydrogen-bond donors (Lipinski definition) is 0. The van der Waals surface area contributed by atoms with Crippen LogP contribution < -0.4 is 4.90 Å². The second-order valence-electron chi connectivity index (χ2n) is 4.53. The van der Waals surface area contributed by atoms with Crippen molar-refractivity contribution < 1.29 is 0 Å². The molecule has 0 aromatic carbocycles. The molecule has 1 fully saturated rings. The topological polar surface area (TPSA) is 39.9 Å². The Bertz CT molecular complexity index is 394. The largest absolute Gasteiger partial charge is 0.371 e. The number of aromatic nitrogens is 1. The molecule has 0 saturated carbocycles. The van der Waals surface area contributed by atoms with E-state index in [4.69, 9.17) is 5.26 Å². The molecule has 0 spiro atoms. The minimum Gasteiger partial charge on any atom is -0.371 e. The van der Waals surface area contributed by atoms with E-state index in [1.165, 1.54) is 19.3 Å². The molecule has 3 heteroatoms. The molecule has 1 saturated heterocycles. The van der Waals surface area contributed by atoms with Crippen molar-refractivity contribution >= 4 is 5.69 Å². The summed E-state index contributed by atoms with van der Waals surface area (Å²) in [5, 5.41) is 8.83. The van der Waals surface area contributed by atoms with Gasteiger partial charge in [-0.3, -0.25) is 0 Å². The molecule has 1 aromatic heterocycles. The SMILES string of the molecule is CC1CCCN(c2ccnc(C#N)c2)CC1. The van der Waals surface area contributed by atoms with Gasteiger partial charge in [-0.2, -0.15) is 5.26 Å². The Morgan fingerprint density at radius 3 is 3.12 bits per heavy atom. The third-order valence-electron chi connectivity index (χ3n) is 3.24. The number of anilines is 1. The standard InChI is InChI=1S/C13H17N3/c1-11-3-2-7-16(8-5-11)13-4-6-15-12(9-13)10-14/h4,6,9,11H,2-3,5,7-8H2,1H3. The fourth-order valence-corrected chi connectivity index (χ4v) is 2.20. The Labute approximate surface area is 96.7 Å². The lowest BCUT2D eigenvalue weighted by Crippen LogP contribution is -2.24. The highest BCUT2D eigenvalue weighted by molar-refractivity contribution is 5.48. The molecule has 0 bridgehead atoms. The molecule has 0 radical (unpaired) electrons. The Balaban J connectivity index is 2.14. The third kappa shape index (κ3) is 2.52. The van der Waals surface area contributed by atoms with Crippen LogP contribution in [0.3, 0.4) is 0 Å². The Hall–Kier alpha value is -1.56. The van der Waals surface area contributed by atoms with Gasteiger partial charge in [0.2, 0.25) is 0 Å². The van der Waals surface area contributed by atoms with Gasteiger partial charge in [-0.15, -0.1) is 0 Å². The lowest BCUT2D eigenvalue weighted by atomic mass is 10.0. The minimum absolute atomic E-state index is 0.509. The molecule has 0 aliphatic carbocycles. The predicted octanol–water partition coefficient (Wildman–Crippen LogP) is 2.58. The molecule has 0 N–H and O–H groups in total. The summed E-state index contributed by atoms with van der Waals surface area (Å²) in [6.07, 6.45) is 5.52. The van der Waals surface area contributed by atoms with Gasteiger partial charge in [-0.25, -0.2) is 4.98 Å². The molecular weight excluding hydrogens is 198 g/mol. The Morgan fingerprint density at radius 1 is 1.44 bits per heavy atom. The van der Waals surface area contributed by atoms with Crippen LogP contribution in [0.25, 0.3) is 0 Å². The van der Waals surface area contributed by atoms with Crippen molar-refractivity contribution in [1.82, 2.24) is 4.98 Å². The minimum atomic E-state index is 0.509. The van der Waals surface area contributed by atoms with Gasteiger partial charge in [0.1, 0.15) is 11.8 Å². The summed E-state index contributed by atoms with van der Waals surface area (Å²) in [5.41, 5.74) is 1.65. The fraction of sp³-hybridized carbons (Fsp3) is 0.538. The van der Waals surface area contributed by atoms with E-state index >= 15 is 0 Å². The highest BCUT2D eigenvalue weighted by atomic mass is 15.1. The van der Waals surface area contributed by atoms with Gasteiger partial charge in [-0.1, -0.05) is 6.92 Å². The maximum atomic E-state index is 8.83. The van der Waals surface area contributed by atoms with Crippen LogP contribution >= 0.6 is 0 Å². The van der Waals surface area contributed by atoms with Crippen LogP contribution in [-0.4, -0.2) is 18.1 Å². The van der Waals surface area contributed by atoms with Crippen molar-refractivity contribution in [2.24, 2.45) is 5.92 Å². The first-order chi connectivity index (χ1) is 7.79. The van der Waals surface area contributed by atoms with Crippen LogP contribution in [-0.2, 0) is 0 Å². The van der Waals surface area contributed by atoms with Crippen molar-refractivity contribution in [1.29, 1.82) is 5.26 Å². The van der Waals surface area contributed by atoms with Crippen LogP contribution in [0.1, 0.15) is 31.9 Å². The van der Waals surface area contributed by atoms with Crippen molar-refractivity contribution in [2.45, 2.75) is 26.2 Å². The van der Waals surface area contributed by atoms with Gasteiger partial charge in [0.15, 0.2) is 0 Å². The average Bonchev–Trinajstić information content (AvgIpc) is 2.54. The van der Waals surface area contributed by atoms with Gasteiger partial charge in [0, 0.05) is 25.0 Å². The Kier molecular flexibility index (Phi) is 3.40. The average molecular weight is 215 g/mol. The molecule has 1 aliphatic rings. The maximum Gasteiger partial charge on any atom is 0.142 e. The number of hydrogen-bond acceptors (Lipinski definition) is 3. The Morgan fingerprint density at radius 2 is 2.31 bits per heavy atom. The monoisotopic (exact) mass is 215 g/mol. The van der Waals surface area contributed by atoms with E-state index in [1.54, 1.807) is 6.20 Å². The van der Waals surface area contributed by atoms with Crippen molar-refractivity contribution in [3.63, 3.8) is 0 Å². The van der Waals surface area contributed by atoms with Gasteiger partial charge >= 0.3 is 0 Å². The highest BCUT2D eigenvalue weighted by Crippen LogP contribution is 2.22. The quantitative estimate of drug-likeness (QED) is 0.723. The first-order valence-electron chi connectivity index (χ1n) is 5.90. The van der Waals surface area contributed by atoms with Crippen LogP contribution in [0.15, 0.2) is 18.3 Å². The van der Waals surface area contributed by atoms with E-state index in [2.05, 4.69) is 22.9 Å². The summed E-state index contributed by atoms with van der Waals surface area (Å²) < 4.78 is 0. The number of nitrogens with zero attached hydrogens (tertiary/aromatic N) is 3. The molecule has 1 aliphatic heterocycles. The van der Waals surface area contributed by atoms with Crippen LogP contribution in [0.5, 0.6) is 0 Å². The van der Waals surface area contributed by atoms with Crippen molar-refractivity contribution in [3.8, 4) is 6.07 Å². The molecule has 2 rings (SSSR count). The summed E-state index contributed by atoms with van der Waals surface area (Å²) in [6.45, 7) is 4.51. The van der Waals surface area contributed by atoms with E-state index in [0.29, 0.717) is 5.69 Å². The van der Waals surface area contributed by atoms with Crippen LogP contribution in [0, 0.1) is 17.2 Å². The molecule has 84 valence electrons. The molecule has 0 amide bonds. The molecule has 3 nitrogen and oxygen atoms in total. The molecule has 1 atom stereocenters. The number of pyridine rings is 1. The summed E-state index contributed by atoms with van der Waals surface area (Å²) in [5.74, 6) is 0.822. The summed E-state index contributed by atoms with van der Waals surface area (Å²) in [4.78, 5) is 6.37. The third-order valence-corrected chi connectivity index (χ3v) is 3.24. The first-order valence-corrected chi connectivity index (χ1v) is 5.90. The summed E-state index contributed by atoms with van der Waals surface area (Å²) in [7, 11) is 0. The van der Waals surface area contributed by atoms with Crippen molar-refractivity contribution in [3.05, 3.63) is 24.0 Å². The van der Waals surface area contributed by atoms with E-state index in [0.717, 1.165) is 24.7 Å². The smallest absolute Gasteiger partial charge is 0.142 e. The molecule has 16 heavy (non-hydrogen) atoms. The lowest BCUT2D eigenvalue weighted by molar-refractivity contribution is 0.521. The van der Waals surface area contributed by atoms with Crippen molar-refractivity contribution in [2.75, 3.05) is 18.0 Å². The van der Waals surface area contributed by atoms with E-state index in [1.807, 2.05) is 12.1 Å². The van der Waals surface area contributed by atoms with E-state index in [-0.39, 0.29) is 0 Å². The summed E-state index contributed by atoms with van der Waals surface area (Å²) in [6, 6.07) is 5.97. The first kappa shape index (κ1) is 10.9. The molecule has 1 aromatic rings. The van der Waals surface area contributed by atoms with E-state index < -0.39 is 0 Å². The van der Waals surface area contributed by atoms with Crippen LogP contribution in [0.4, 0.5) is 5.69 Å². The maximum absolute atomic E-state index is 8.83. The second-order valence-corrected chi connectivity index (χ2v) is 4.53. The van der Waals surface area contributed by atoms with Gasteiger partial charge < -0.3 is 4.90 Å². The normalized spacial score (nSPS) is 21.2. The van der Waals surface area contributed by atoms with Gasteiger partial charge in [0.05, 0.1) is 0 Å². The lowest BCUT2D eigenvalue weighted by Gasteiger charge is -2.22. The number of rotatable bonds is 1. The number of nitriles is 1. The fourth-order valence-electron chi connectivity index (χ4n) is 2.20. The van der Waals surface area contributed by atoms with E-state index in [9.17, 15) is 0 Å². The van der Waals surface area contributed by atoms with Gasteiger partial charge in [0.25, 0.3) is 0 Å². The zero-order valence-electron chi connectivity index (χ0n) is 9.69. The highest BCUT2D eigenvalue weighted by Gasteiger charge is 2.14. The molecular formula is C13H17N3. The predicted molar refractivity (Wildman–Crippen MR) is 64.2 cm³/mol. The van der Waals surface area contributed by atoms with Crippen LogP contribution in [0.2, 0.25) is 0 Å². The van der Waals surface area contributed by atoms with Gasteiger partial charge in [-0.05, 0) is 37.3 Å². The molecule has 1 unspecified atom stereocenters.